The molecule has 1 aromatic carbocycles. The molecule has 0 fully saturated rings. The van der Waals surface area contributed by atoms with Crippen LogP contribution in [0.5, 0.6) is 0 Å². The maximum Gasteiger partial charge on any atom is 1.00 e. The molecule has 1 amide bonds. The van der Waals surface area contributed by atoms with E-state index in [1.807, 2.05) is 0 Å². The molecule has 0 radical (unpaired) electrons. The number of hydrazine groups is 1. The van der Waals surface area contributed by atoms with E-state index in [4.69, 9.17) is 5.73 Å². The second-order valence-electron chi connectivity index (χ2n) is 2.49. The van der Waals surface area contributed by atoms with Crippen LogP contribution in [-0.2, 0) is 12.6 Å². The van der Waals surface area contributed by atoms with E-state index in [2.05, 4.69) is 35.7 Å². The summed E-state index contributed by atoms with van der Waals surface area (Å²) in [6, 6.07) is 6.50. The van der Waals surface area contributed by atoms with Gasteiger partial charge in [-0.3, -0.25) is 10.2 Å². The van der Waals surface area contributed by atoms with Crippen molar-refractivity contribution in [3.05, 3.63) is 29.8 Å². The van der Waals surface area contributed by atoms with Gasteiger partial charge in [0, 0.05) is 11.3 Å². The standard InChI is InChI=1S/C8H9N3OS2.K/c9-6-3-1-5(2-4-6)7(12)10-11-8(13)14;/h1-4H,9H2,(H,10,12)(H2,11,13,14);/q;+1/p-1. The summed E-state index contributed by atoms with van der Waals surface area (Å²) in [5, 5.41) is 0. The molecule has 7 heteroatoms. The Morgan fingerprint density at radius 1 is 1.27 bits per heavy atom. The van der Waals surface area contributed by atoms with Crippen molar-refractivity contribution in [1.82, 2.24) is 10.9 Å². The molecule has 74 valence electrons. The van der Waals surface area contributed by atoms with Crippen molar-refractivity contribution < 1.29 is 56.2 Å². The summed E-state index contributed by atoms with van der Waals surface area (Å²) in [6.07, 6.45) is 0. The smallest absolute Gasteiger partial charge is 0.410 e. The van der Waals surface area contributed by atoms with Crippen LogP contribution in [0.25, 0.3) is 0 Å². The Morgan fingerprint density at radius 3 is 2.27 bits per heavy atom. The van der Waals surface area contributed by atoms with Crippen LogP contribution in [0.1, 0.15) is 10.4 Å². The van der Waals surface area contributed by atoms with Crippen molar-refractivity contribution in [3.63, 3.8) is 0 Å². The molecule has 0 spiro atoms. The zero-order valence-electron chi connectivity index (χ0n) is 8.11. The fourth-order valence-corrected chi connectivity index (χ4v) is 0.917. The quantitative estimate of drug-likeness (QED) is 0.170. The Kier molecular flexibility index (Phi) is 7.62. The van der Waals surface area contributed by atoms with Gasteiger partial charge in [-0.2, -0.15) is 0 Å². The number of nitrogens with one attached hydrogen (secondary N) is 2. The molecule has 0 saturated carbocycles. The van der Waals surface area contributed by atoms with E-state index in [1.54, 1.807) is 24.3 Å². The van der Waals surface area contributed by atoms with Crippen LogP contribution in [0.15, 0.2) is 24.3 Å². The molecule has 0 heterocycles. The molecule has 1 rings (SSSR count). The Labute approximate surface area is 141 Å². The molecule has 0 saturated heterocycles. The summed E-state index contributed by atoms with van der Waals surface area (Å²) in [5.74, 6) is -0.308. The van der Waals surface area contributed by atoms with E-state index in [-0.39, 0.29) is 61.6 Å². The Morgan fingerprint density at radius 2 is 1.80 bits per heavy atom. The van der Waals surface area contributed by atoms with Gasteiger partial charge in [-0.1, -0.05) is 0 Å². The Hall–Kier alpha value is 0.236. The number of hydrogen-bond acceptors (Lipinski definition) is 4. The van der Waals surface area contributed by atoms with E-state index >= 15 is 0 Å². The molecule has 4 N–H and O–H groups in total. The van der Waals surface area contributed by atoms with Crippen LogP contribution in [0, 0.1) is 0 Å². The summed E-state index contributed by atoms with van der Waals surface area (Å²) in [6.45, 7) is 0. The normalized spacial score (nSPS) is 8.53. The van der Waals surface area contributed by atoms with Gasteiger partial charge in [0.05, 0.1) is 0 Å². The predicted octanol–water partition coefficient (Wildman–Crippen LogP) is -2.66. The van der Waals surface area contributed by atoms with E-state index < -0.39 is 0 Å². The first kappa shape index (κ1) is 15.2. The second kappa shape index (κ2) is 7.50. The average molecular weight is 265 g/mol. The van der Waals surface area contributed by atoms with Crippen molar-refractivity contribution in [3.8, 4) is 0 Å². The predicted molar refractivity (Wildman–Crippen MR) is 61.4 cm³/mol. The molecular weight excluding hydrogens is 257 g/mol. The number of carbonyl (C=O) groups excluding carboxylic acids is 1. The van der Waals surface area contributed by atoms with Crippen LogP contribution < -0.4 is 68.0 Å². The number of carbonyl (C=O) groups is 1. The average Bonchev–Trinajstić information content (AvgIpc) is 2.15. The summed E-state index contributed by atoms with van der Waals surface area (Å²) in [7, 11) is 0. The van der Waals surface area contributed by atoms with E-state index in [0.717, 1.165) is 0 Å². The maximum absolute atomic E-state index is 11.3. The summed E-state index contributed by atoms with van der Waals surface area (Å²) in [5.41, 5.74) is 11.3. The largest absolute Gasteiger partial charge is 1.00 e. The molecule has 0 aliphatic heterocycles. The maximum atomic E-state index is 11.3. The van der Waals surface area contributed by atoms with Crippen molar-refractivity contribution in [2.45, 2.75) is 0 Å². The topological polar surface area (TPSA) is 67.2 Å². The fourth-order valence-electron chi connectivity index (χ4n) is 0.814. The number of rotatable bonds is 1. The number of hydrogen-bond donors (Lipinski definition) is 3. The van der Waals surface area contributed by atoms with Gasteiger partial charge in [0.15, 0.2) is 0 Å². The van der Waals surface area contributed by atoms with Gasteiger partial charge in [-0.15, -0.1) is 0 Å². The third-order valence-corrected chi connectivity index (χ3v) is 1.66. The number of nitrogens with two attached hydrogens (primary N) is 1. The molecule has 0 atom stereocenters. The summed E-state index contributed by atoms with van der Waals surface area (Å²) < 4.78 is 0.0915. The molecule has 0 aliphatic rings. The first-order chi connectivity index (χ1) is 6.59. The molecule has 15 heavy (non-hydrogen) atoms. The zero-order chi connectivity index (χ0) is 10.6. The van der Waals surface area contributed by atoms with Crippen LogP contribution in [0.3, 0.4) is 0 Å². The number of thiocarbonyl (C=S) groups is 1. The first-order valence-electron chi connectivity index (χ1n) is 3.72. The molecule has 4 nitrogen and oxygen atoms in total. The molecule has 0 unspecified atom stereocenters. The van der Waals surface area contributed by atoms with Crippen LogP contribution >= 0.6 is 12.2 Å². The Bertz CT molecular complexity index is 355. The van der Waals surface area contributed by atoms with Crippen molar-refractivity contribution in [2.75, 3.05) is 5.73 Å². The number of nitrogen functional groups attached to an aromatic ring is 1. The molecule has 0 aliphatic carbocycles. The van der Waals surface area contributed by atoms with E-state index in [9.17, 15) is 4.79 Å². The van der Waals surface area contributed by atoms with Crippen LogP contribution in [0.4, 0.5) is 5.69 Å². The Balaban J connectivity index is 0.00000196. The van der Waals surface area contributed by atoms with Gasteiger partial charge in [0.25, 0.3) is 5.91 Å². The van der Waals surface area contributed by atoms with Crippen molar-refractivity contribution in [1.29, 1.82) is 0 Å². The van der Waals surface area contributed by atoms with Crippen LogP contribution in [-0.4, -0.2) is 10.2 Å². The van der Waals surface area contributed by atoms with E-state index in [1.165, 1.54) is 0 Å². The molecule has 0 aromatic heterocycles. The SMILES string of the molecule is Nc1ccc(C(=O)NNC(=S)[S-])cc1.[K+]. The monoisotopic (exact) mass is 265 g/mol. The van der Waals surface area contributed by atoms with Crippen molar-refractivity contribution in [2.24, 2.45) is 0 Å². The molecule has 1 aromatic rings. The first-order valence-corrected chi connectivity index (χ1v) is 4.54. The molecule has 0 bridgehead atoms. The molecular formula is C8H8KN3OS2. The number of benzene rings is 1. The minimum Gasteiger partial charge on any atom is -0.410 e. The van der Waals surface area contributed by atoms with Gasteiger partial charge in [0.2, 0.25) is 0 Å². The fraction of sp³-hybridized carbons (Fsp3) is 0. The van der Waals surface area contributed by atoms with Crippen LogP contribution in [0.2, 0.25) is 0 Å². The second-order valence-corrected chi connectivity index (χ2v) is 3.56. The van der Waals surface area contributed by atoms with Gasteiger partial charge in [-0.05, 0) is 28.6 Å². The van der Waals surface area contributed by atoms with Gasteiger partial charge < -0.3 is 36.0 Å². The van der Waals surface area contributed by atoms with Gasteiger partial charge in [-0.25, -0.2) is 0 Å². The zero-order valence-corrected chi connectivity index (χ0v) is 12.9. The number of anilines is 1. The number of amides is 1. The third-order valence-electron chi connectivity index (χ3n) is 1.45. The minimum absolute atomic E-state index is 0. The van der Waals surface area contributed by atoms with Crippen molar-refractivity contribution >= 4 is 40.8 Å². The van der Waals surface area contributed by atoms with Gasteiger partial charge in [0.1, 0.15) is 0 Å². The third kappa shape index (κ3) is 5.76. The van der Waals surface area contributed by atoms with E-state index in [0.29, 0.717) is 11.3 Å². The van der Waals surface area contributed by atoms with Gasteiger partial charge >= 0.3 is 51.4 Å². The summed E-state index contributed by atoms with van der Waals surface area (Å²) in [4.78, 5) is 11.3. The minimum atomic E-state index is -0.308. The summed E-state index contributed by atoms with van der Waals surface area (Å²) >= 11 is 9.11.